The van der Waals surface area contributed by atoms with Gasteiger partial charge >= 0.3 is 0 Å². The molecule has 2 rings (SSSR count). The van der Waals surface area contributed by atoms with E-state index in [1.54, 1.807) is 6.07 Å². The Kier molecular flexibility index (Phi) is 2.83. The van der Waals surface area contributed by atoms with Gasteiger partial charge in [0.1, 0.15) is 0 Å². The molecule has 1 N–H and O–H groups in total. The third-order valence-corrected chi connectivity index (χ3v) is 2.21. The van der Waals surface area contributed by atoms with Crippen LogP contribution in [0.15, 0.2) is 59.9 Å². The molecule has 0 aliphatic carbocycles. The van der Waals surface area contributed by atoms with Crippen LogP contribution in [0.3, 0.4) is 0 Å². The monoisotopic (exact) mass is 200 g/mol. The summed E-state index contributed by atoms with van der Waals surface area (Å²) in [6.45, 7) is 0.709. The van der Waals surface area contributed by atoms with Crippen molar-refractivity contribution in [3.63, 3.8) is 0 Å². The van der Waals surface area contributed by atoms with Crippen molar-refractivity contribution < 1.29 is 5.21 Å². The summed E-state index contributed by atoms with van der Waals surface area (Å²) in [5.41, 5.74) is 1.74. The Hall–Kier alpha value is -2.03. The average Bonchev–Trinajstić information content (AvgIpc) is 2.31. The van der Waals surface area contributed by atoms with E-state index in [9.17, 15) is 0 Å². The van der Waals surface area contributed by atoms with Crippen molar-refractivity contribution in [3.05, 3.63) is 65.8 Å². The topological polar surface area (TPSA) is 37.5 Å². The van der Waals surface area contributed by atoms with E-state index in [0.29, 0.717) is 12.0 Å². The molecule has 0 aliphatic heterocycles. The van der Waals surface area contributed by atoms with Gasteiger partial charge in [-0.15, -0.1) is 0 Å². The first-order chi connectivity index (χ1) is 7.40. The second-order valence-electron chi connectivity index (χ2n) is 3.27. The van der Waals surface area contributed by atoms with Crippen LogP contribution in [0, 0.1) is 0 Å². The van der Waals surface area contributed by atoms with Gasteiger partial charge in [0.15, 0.2) is 5.49 Å². The van der Waals surface area contributed by atoms with E-state index in [1.807, 2.05) is 53.2 Å². The van der Waals surface area contributed by atoms with Crippen LogP contribution in [-0.2, 0) is 6.54 Å². The highest BCUT2D eigenvalue weighted by atomic mass is 16.4. The summed E-state index contributed by atoms with van der Waals surface area (Å²) < 4.78 is 1.88. The molecular formula is C12H12N2O. The fourth-order valence-electron chi connectivity index (χ4n) is 1.47. The largest absolute Gasteiger partial charge is 0.409 e. The lowest BCUT2D eigenvalue weighted by atomic mass is 10.2. The smallest absolute Gasteiger partial charge is 0.172 e. The third-order valence-electron chi connectivity index (χ3n) is 2.21. The lowest BCUT2D eigenvalue weighted by molar-refractivity contribution is 0.294. The fraction of sp³-hybridized carbons (Fsp3) is 0.0833. The summed E-state index contributed by atoms with van der Waals surface area (Å²) >= 11 is 0. The van der Waals surface area contributed by atoms with E-state index in [1.165, 1.54) is 5.56 Å². The first-order valence-corrected chi connectivity index (χ1v) is 4.77. The van der Waals surface area contributed by atoms with Crippen molar-refractivity contribution in [2.45, 2.75) is 6.54 Å². The van der Waals surface area contributed by atoms with Gasteiger partial charge in [-0.05, 0) is 17.7 Å². The molecule has 1 heterocycles. The number of pyridine rings is 1. The van der Waals surface area contributed by atoms with Gasteiger partial charge in [-0.2, -0.15) is 0 Å². The van der Waals surface area contributed by atoms with Crippen LogP contribution in [0.1, 0.15) is 5.56 Å². The van der Waals surface area contributed by atoms with E-state index in [0.717, 1.165) is 0 Å². The molecule has 76 valence electrons. The number of benzene rings is 1. The zero-order chi connectivity index (χ0) is 10.5. The molecule has 0 bridgehead atoms. The minimum atomic E-state index is 0.557. The molecule has 0 radical (unpaired) electrons. The molecule has 0 fully saturated rings. The zero-order valence-electron chi connectivity index (χ0n) is 8.24. The van der Waals surface area contributed by atoms with Gasteiger partial charge in [-0.25, -0.2) is 0 Å². The van der Waals surface area contributed by atoms with Crippen LogP contribution in [-0.4, -0.2) is 9.77 Å². The van der Waals surface area contributed by atoms with Gasteiger partial charge in [0.2, 0.25) is 0 Å². The molecular weight excluding hydrogens is 188 g/mol. The summed E-state index contributed by atoms with van der Waals surface area (Å²) in [6, 6.07) is 15.6. The number of hydrogen-bond donors (Lipinski definition) is 1. The second-order valence-corrected chi connectivity index (χ2v) is 3.27. The van der Waals surface area contributed by atoms with Crippen molar-refractivity contribution in [2.24, 2.45) is 5.16 Å². The molecule has 0 unspecified atom stereocenters. The van der Waals surface area contributed by atoms with Crippen molar-refractivity contribution in [2.75, 3.05) is 0 Å². The van der Waals surface area contributed by atoms with Gasteiger partial charge in [-0.3, -0.25) is 0 Å². The van der Waals surface area contributed by atoms with Crippen LogP contribution in [0.5, 0.6) is 0 Å². The summed E-state index contributed by atoms with van der Waals surface area (Å²) in [5.74, 6) is 0. The minimum absolute atomic E-state index is 0.557. The Bertz CT molecular complexity index is 488. The van der Waals surface area contributed by atoms with Crippen LogP contribution >= 0.6 is 0 Å². The van der Waals surface area contributed by atoms with Gasteiger partial charge in [0.05, 0.1) is 0 Å². The van der Waals surface area contributed by atoms with Crippen molar-refractivity contribution in [3.8, 4) is 0 Å². The Morgan fingerprint density at radius 1 is 1.00 bits per heavy atom. The summed E-state index contributed by atoms with van der Waals surface area (Å²) in [6.07, 6.45) is 1.89. The SMILES string of the molecule is ON=c1ccccn1Cc1ccccc1. The van der Waals surface area contributed by atoms with Crippen molar-refractivity contribution in [1.82, 2.24) is 4.57 Å². The summed E-state index contributed by atoms with van der Waals surface area (Å²) in [5, 5.41) is 12.0. The van der Waals surface area contributed by atoms with E-state index < -0.39 is 0 Å². The fourth-order valence-corrected chi connectivity index (χ4v) is 1.47. The number of hydrogen-bond acceptors (Lipinski definition) is 2. The standard InChI is InChI=1S/C12H12N2O/c15-13-12-8-4-5-9-14(12)10-11-6-2-1-3-7-11/h1-9,15H,10H2. The summed E-state index contributed by atoms with van der Waals surface area (Å²) in [4.78, 5) is 0. The molecule has 0 aliphatic rings. The van der Waals surface area contributed by atoms with Crippen molar-refractivity contribution in [1.29, 1.82) is 0 Å². The maximum atomic E-state index is 8.80. The molecule has 2 aromatic rings. The average molecular weight is 200 g/mol. The Labute approximate surface area is 87.9 Å². The Morgan fingerprint density at radius 3 is 2.47 bits per heavy atom. The molecule has 1 aromatic carbocycles. The van der Waals surface area contributed by atoms with Crippen LogP contribution in [0.4, 0.5) is 0 Å². The molecule has 0 atom stereocenters. The van der Waals surface area contributed by atoms with E-state index in [4.69, 9.17) is 5.21 Å². The molecule has 3 heteroatoms. The normalized spacial score (nSPS) is 11.6. The van der Waals surface area contributed by atoms with Crippen LogP contribution < -0.4 is 5.49 Å². The quantitative estimate of drug-likeness (QED) is 0.582. The predicted molar refractivity (Wildman–Crippen MR) is 57.3 cm³/mol. The molecule has 0 spiro atoms. The van der Waals surface area contributed by atoms with Crippen LogP contribution in [0.25, 0.3) is 0 Å². The number of rotatable bonds is 2. The highest BCUT2D eigenvalue weighted by Crippen LogP contribution is 1.99. The van der Waals surface area contributed by atoms with E-state index in [-0.39, 0.29) is 0 Å². The minimum Gasteiger partial charge on any atom is -0.409 e. The van der Waals surface area contributed by atoms with E-state index in [2.05, 4.69) is 5.16 Å². The van der Waals surface area contributed by atoms with Gasteiger partial charge in [-0.1, -0.05) is 41.6 Å². The second kappa shape index (κ2) is 4.46. The van der Waals surface area contributed by atoms with Gasteiger partial charge in [0.25, 0.3) is 0 Å². The van der Waals surface area contributed by atoms with Gasteiger partial charge in [0, 0.05) is 12.7 Å². The first-order valence-electron chi connectivity index (χ1n) is 4.77. The molecule has 0 amide bonds. The van der Waals surface area contributed by atoms with E-state index >= 15 is 0 Å². The first kappa shape index (κ1) is 9.52. The van der Waals surface area contributed by atoms with Gasteiger partial charge < -0.3 is 9.77 Å². The molecule has 3 nitrogen and oxygen atoms in total. The predicted octanol–water partition coefficient (Wildman–Crippen LogP) is 1.83. The molecule has 0 saturated heterocycles. The Balaban J connectivity index is 2.33. The molecule has 1 aromatic heterocycles. The third kappa shape index (κ3) is 2.26. The molecule has 15 heavy (non-hydrogen) atoms. The number of nitrogens with zero attached hydrogens (tertiary/aromatic N) is 2. The maximum Gasteiger partial charge on any atom is 0.172 e. The molecule has 0 saturated carbocycles. The lowest BCUT2D eigenvalue weighted by Gasteiger charge is -2.05. The Morgan fingerprint density at radius 2 is 1.73 bits per heavy atom. The lowest BCUT2D eigenvalue weighted by Crippen LogP contribution is -2.19. The zero-order valence-corrected chi connectivity index (χ0v) is 8.24. The highest BCUT2D eigenvalue weighted by molar-refractivity contribution is 5.15. The number of aromatic nitrogens is 1. The maximum absolute atomic E-state index is 8.80. The van der Waals surface area contributed by atoms with Crippen molar-refractivity contribution >= 4 is 0 Å². The highest BCUT2D eigenvalue weighted by Gasteiger charge is 1.94. The summed E-state index contributed by atoms with van der Waals surface area (Å²) in [7, 11) is 0. The van der Waals surface area contributed by atoms with Crippen LogP contribution in [0.2, 0.25) is 0 Å².